The van der Waals surface area contributed by atoms with E-state index >= 15 is 0 Å². The molecule has 0 unspecified atom stereocenters. The van der Waals surface area contributed by atoms with Crippen molar-refractivity contribution in [3.8, 4) is 11.6 Å². The molecule has 0 spiro atoms. The first-order valence-electron chi connectivity index (χ1n) is 9.43. The van der Waals surface area contributed by atoms with Crippen molar-refractivity contribution < 1.29 is 9.26 Å². The summed E-state index contributed by atoms with van der Waals surface area (Å²) in [4.78, 5) is 9.19. The summed E-state index contributed by atoms with van der Waals surface area (Å²) in [5, 5.41) is 4.23. The van der Waals surface area contributed by atoms with Crippen LogP contribution < -0.4 is 0 Å². The van der Waals surface area contributed by atoms with Crippen LogP contribution in [0.4, 0.5) is 0 Å². The molecule has 6 nitrogen and oxygen atoms in total. The van der Waals surface area contributed by atoms with Crippen molar-refractivity contribution in [3.05, 3.63) is 53.7 Å². The van der Waals surface area contributed by atoms with Crippen molar-refractivity contribution >= 4 is 0 Å². The molecule has 2 aromatic heterocycles. The first kappa shape index (κ1) is 15.8. The summed E-state index contributed by atoms with van der Waals surface area (Å²) < 4.78 is 13.8. The second kappa shape index (κ2) is 6.68. The van der Waals surface area contributed by atoms with E-state index in [1.807, 2.05) is 24.5 Å². The van der Waals surface area contributed by atoms with Crippen molar-refractivity contribution in [1.29, 1.82) is 0 Å². The topological polar surface area (TPSA) is 66.0 Å². The van der Waals surface area contributed by atoms with Gasteiger partial charge in [-0.25, -0.2) is 4.98 Å². The van der Waals surface area contributed by atoms with Crippen molar-refractivity contribution in [2.24, 2.45) is 0 Å². The third-order valence-electron chi connectivity index (χ3n) is 5.52. The van der Waals surface area contributed by atoms with Gasteiger partial charge < -0.3 is 13.8 Å². The van der Waals surface area contributed by atoms with Crippen LogP contribution in [0.15, 0.2) is 41.2 Å². The molecule has 134 valence electrons. The molecule has 0 radical (unpaired) electrons. The van der Waals surface area contributed by atoms with E-state index in [-0.39, 0.29) is 6.10 Å². The maximum Gasteiger partial charge on any atom is 0.278 e. The highest BCUT2D eigenvalue weighted by Crippen LogP contribution is 2.34. The predicted octanol–water partition coefficient (Wildman–Crippen LogP) is 4.25. The minimum absolute atomic E-state index is 0.0474. The van der Waals surface area contributed by atoms with Crippen LogP contribution in [0, 0.1) is 0 Å². The average molecular weight is 350 g/mol. The molecule has 3 heterocycles. The number of imidazole rings is 1. The van der Waals surface area contributed by atoms with Gasteiger partial charge in [-0.1, -0.05) is 54.8 Å². The summed E-state index contributed by atoms with van der Waals surface area (Å²) in [5.74, 6) is 1.78. The third-order valence-corrected chi connectivity index (χ3v) is 5.52. The molecule has 1 aromatic carbocycles. The van der Waals surface area contributed by atoms with Gasteiger partial charge in [0.2, 0.25) is 0 Å². The Morgan fingerprint density at radius 1 is 1.04 bits per heavy atom. The van der Waals surface area contributed by atoms with Gasteiger partial charge in [0, 0.05) is 5.92 Å². The van der Waals surface area contributed by atoms with E-state index in [2.05, 4.69) is 31.8 Å². The van der Waals surface area contributed by atoms with Crippen molar-refractivity contribution in [1.82, 2.24) is 19.7 Å². The zero-order valence-electron chi connectivity index (χ0n) is 14.7. The maximum atomic E-state index is 6.08. The average Bonchev–Trinajstić information content (AvgIpc) is 3.36. The zero-order chi connectivity index (χ0) is 17.3. The molecule has 0 saturated heterocycles. The fourth-order valence-electron chi connectivity index (χ4n) is 4.03. The lowest BCUT2D eigenvalue weighted by Crippen LogP contribution is -2.20. The van der Waals surface area contributed by atoms with E-state index in [1.54, 1.807) is 0 Å². The van der Waals surface area contributed by atoms with Gasteiger partial charge >= 0.3 is 0 Å². The minimum atomic E-state index is 0.0474. The standard InChI is InChI=1S/C20H22N4O2/c1-3-7-14(8-4-1)17-11-24-13-21-18(16(24)12-25-17)20-22-19(23-26-20)15-9-5-2-6-10-15/h1,3-4,7-8,13,15,17H,2,5-6,9-12H2/t17-/m1/s1. The fraction of sp³-hybridized carbons (Fsp3) is 0.450. The van der Waals surface area contributed by atoms with Crippen molar-refractivity contribution in [2.45, 2.75) is 57.3 Å². The minimum Gasteiger partial charge on any atom is -0.365 e. The van der Waals surface area contributed by atoms with Gasteiger partial charge in [-0.2, -0.15) is 4.98 Å². The number of aromatic nitrogens is 4. The number of fused-ring (bicyclic) bond motifs is 1. The lowest BCUT2D eigenvalue weighted by Gasteiger charge is -2.25. The largest absolute Gasteiger partial charge is 0.365 e. The molecule has 1 aliphatic carbocycles. The molecule has 1 fully saturated rings. The van der Waals surface area contributed by atoms with Crippen LogP contribution in [-0.4, -0.2) is 19.7 Å². The van der Waals surface area contributed by atoms with Crippen LogP contribution in [0.1, 0.15) is 61.2 Å². The van der Waals surface area contributed by atoms with Gasteiger partial charge in [-0.15, -0.1) is 0 Å². The monoisotopic (exact) mass is 350 g/mol. The SMILES string of the molecule is c1ccc([C@H]2Cn3cnc(-c4nc(C5CCCCC5)no4)c3CO2)cc1. The first-order chi connectivity index (χ1) is 12.9. The number of ether oxygens (including phenoxy) is 1. The second-order valence-electron chi connectivity index (χ2n) is 7.20. The lowest BCUT2D eigenvalue weighted by atomic mass is 9.89. The van der Waals surface area contributed by atoms with Crippen LogP contribution in [-0.2, 0) is 17.9 Å². The van der Waals surface area contributed by atoms with E-state index in [1.165, 1.54) is 24.8 Å². The van der Waals surface area contributed by atoms with E-state index in [4.69, 9.17) is 9.26 Å². The van der Waals surface area contributed by atoms with E-state index < -0.39 is 0 Å². The Morgan fingerprint density at radius 3 is 2.73 bits per heavy atom. The maximum absolute atomic E-state index is 6.08. The summed E-state index contributed by atoms with van der Waals surface area (Å²) in [6, 6.07) is 10.3. The van der Waals surface area contributed by atoms with Gasteiger partial charge in [0.25, 0.3) is 5.89 Å². The Kier molecular flexibility index (Phi) is 4.05. The Balaban J connectivity index is 1.38. The number of rotatable bonds is 3. The molecule has 6 heteroatoms. The van der Waals surface area contributed by atoms with Crippen LogP contribution in [0.5, 0.6) is 0 Å². The zero-order valence-corrected chi connectivity index (χ0v) is 14.7. The molecule has 0 bridgehead atoms. The molecule has 2 aliphatic rings. The van der Waals surface area contributed by atoms with Crippen LogP contribution in [0.2, 0.25) is 0 Å². The number of hydrogen-bond donors (Lipinski definition) is 0. The molecule has 0 N–H and O–H groups in total. The van der Waals surface area contributed by atoms with E-state index in [0.29, 0.717) is 18.4 Å². The molecule has 1 saturated carbocycles. The summed E-state index contributed by atoms with van der Waals surface area (Å²) in [5.41, 5.74) is 2.95. The molecule has 1 aliphatic heterocycles. The number of hydrogen-bond acceptors (Lipinski definition) is 5. The highest BCUT2D eigenvalue weighted by atomic mass is 16.5. The Bertz CT molecular complexity index is 880. The van der Waals surface area contributed by atoms with Gasteiger partial charge in [0.05, 0.1) is 25.2 Å². The van der Waals surface area contributed by atoms with Gasteiger partial charge in [0.15, 0.2) is 11.5 Å². The smallest absolute Gasteiger partial charge is 0.278 e. The van der Waals surface area contributed by atoms with Gasteiger partial charge in [0.1, 0.15) is 6.10 Å². The van der Waals surface area contributed by atoms with Crippen LogP contribution >= 0.6 is 0 Å². The molecule has 0 amide bonds. The summed E-state index contributed by atoms with van der Waals surface area (Å²) in [6.45, 7) is 1.24. The Morgan fingerprint density at radius 2 is 1.88 bits per heavy atom. The number of benzene rings is 1. The fourth-order valence-corrected chi connectivity index (χ4v) is 4.03. The predicted molar refractivity (Wildman–Crippen MR) is 95.3 cm³/mol. The Hall–Kier alpha value is -2.47. The van der Waals surface area contributed by atoms with Crippen molar-refractivity contribution in [2.75, 3.05) is 0 Å². The van der Waals surface area contributed by atoms with Crippen LogP contribution in [0.25, 0.3) is 11.6 Å². The Labute approximate surface area is 152 Å². The lowest BCUT2D eigenvalue weighted by molar-refractivity contribution is 0.00330. The molecule has 5 rings (SSSR count). The van der Waals surface area contributed by atoms with Gasteiger partial charge in [-0.05, 0) is 18.4 Å². The van der Waals surface area contributed by atoms with Crippen molar-refractivity contribution in [3.63, 3.8) is 0 Å². The molecular weight excluding hydrogens is 328 g/mol. The quantitative estimate of drug-likeness (QED) is 0.706. The van der Waals surface area contributed by atoms with E-state index in [9.17, 15) is 0 Å². The summed E-state index contributed by atoms with van der Waals surface area (Å²) >= 11 is 0. The number of nitrogens with zero attached hydrogens (tertiary/aromatic N) is 4. The molecular formula is C20H22N4O2. The summed E-state index contributed by atoms with van der Waals surface area (Å²) in [6.07, 6.45) is 8.03. The normalized spacial score (nSPS) is 20.8. The first-order valence-corrected chi connectivity index (χ1v) is 9.43. The molecule has 1 atom stereocenters. The summed E-state index contributed by atoms with van der Waals surface area (Å²) in [7, 11) is 0. The second-order valence-corrected chi connectivity index (χ2v) is 7.20. The molecule has 26 heavy (non-hydrogen) atoms. The highest BCUT2D eigenvalue weighted by Gasteiger charge is 2.27. The van der Waals surface area contributed by atoms with E-state index in [0.717, 1.165) is 36.6 Å². The van der Waals surface area contributed by atoms with Crippen LogP contribution in [0.3, 0.4) is 0 Å². The molecule has 3 aromatic rings. The third kappa shape index (κ3) is 2.84. The highest BCUT2D eigenvalue weighted by molar-refractivity contribution is 5.51. The van der Waals surface area contributed by atoms with Gasteiger partial charge in [-0.3, -0.25) is 0 Å².